The van der Waals surface area contributed by atoms with E-state index in [-0.39, 0.29) is 35.1 Å². The fraction of sp³-hybridized carbons (Fsp3) is 0.304. The van der Waals surface area contributed by atoms with E-state index >= 15 is 0 Å². The van der Waals surface area contributed by atoms with Crippen LogP contribution in [0.5, 0.6) is 0 Å². The molecule has 1 saturated heterocycles. The first-order valence-corrected chi connectivity index (χ1v) is 10.7. The van der Waals surface area contributed by atoms with Gasteiger partial charge in [-0.2, -0.15) is 18.2 Å². The second-order valence-electron chi connectivity index (χ2n) is 8.14. The van der Waals surface area contributed by atoms with Crippen LogP contribution in [0.15, 0.2) is 42.7 Å². The summed E-state index contributed by atoms with van der Waals surface area (Å²) in [5.41, 5.74) is -1.51. The molecule has 13 heteroatoms. The van der Waals surface area contributed by atoms with Crippen LogP contribution < -0.4 is 10.2 Å². The number of amides is 1. The minimum atomic E-state index is -4.65. The molecule has 0 bridgehead atoms. The van der Waals surface area contributed by atoms with Crippen molar-refractivity contribution in [2.45, 2.75) is 38.2 Å². The van der Waals surface area contributed by atoms with E-state index in [0.29, 0.717) is 6.07 Å². The summed E-state index contributed by atoms with van der Waals surface area (Å²) in [5, 5.41) is 12.7. The second kappa shape index (κ2) is 9.64. The Morgan fingerprint density at radius 3 is 2.53 bits per heavy atom. The monoisotopic (exact) mass is 509 g/mol. The first-order chi connectivity index (χ1) is 17.0. The SMILES string of the molecule is C[C@H](Nc1nccc(N2C(=O)OCC2[C@@H](C)O)n1)c1cc(F)c(-c2ccc(C(F)(F)F)nc2)cc1F. The number of pyridine rings is 1. The summed E-state index contributed by atoms with van der Waals surface area (Å²) in [7, 11) is 0. The van der Waals surface area contributed by atoms with Crippen LogP contribution in [0.25, 0.3) is 11.1 Å². The molecule has 0 aliphatic carbocycles. The van der Waals surface area contributed by atoms with Crippen LogP contribution >= 0.6 is 0 Å². The maximum absolute atomic E-state index is 14.9. The summed E-state index contributed by atoms with van der Waals surface area (Å²) in [4.78, 5) is 24.8. The number of benzene rings is 1. The molecule has 3 aromatic rings. The number of aliphatic hydroxyl groups excluding tert-OH is 1. The van der Waals surface area contributed by atoms with Crippen molar-refractivity contribution in [1.82, 2.24) is 15.0 Å². The van der Waals surface area contributed by atoms with Crippen LogP contribution in [0.2, 0.25) is 0 Å². The number of ether oxygens (including phenoxy) is 1. The molecule has 1 amide bonds. The summed E-state index contributed by atoms with van der Waals surface area (Å²) < 4.78 is 72.9. The Labute approximate surface area is 201 Å². The molecule has 0 radical (unpaired) electrons. The van der Waals surface area contributed by atoms with Crippen LogP contribution in [0.1, 0.15) is 31.1 Å². The van der Waals surface area contributed by atoms with E-state index in [4.69, 9.17) is 4.74 Å². The van der Waals surface area contributed by atoms with Gasteiger partial charge in [-0.25, -0.2) is 18.6 Å². The highest BCUT2D eigenvalue weighted by Gasteiger charge is 2.38. The Bertz CT molecular complexity index is 1270. The average Bonchev–Trinajstić information content (AvgIpc) is 3.21. The zero-order valence-corrected chi connectivity index (χ0v) is 18.9. The van der Waals surface area contributed by atoms with E-state index in [1.807, 2.05) is 0 Å². The number of hydrogen-bond donors (Lipinski definition) is 2. The normalized spacial score (nSPS) is 17.6. The molecule has 8 nitrogen and oxygen atoms in total. The molecule has 0 spiro atoms. The molecule has 2 aromatic heterocycles. The molecule has 3 heterocycles. The van der Waals surface area contributed by atoms with Gasteiger partial charge >= 0.3 is 12.3 Å². The van der Waals surface area contributed by atoms with E-state index in [1.165, 1.54) is 31.0 Å². The van der Waals surface area contributed by atoms with Gasteiger partial charge < -0.3 is 15.2 Å². The van der Waals surface area contributed by atoms with Crippen molar-refractivity contribution >= 4 is 17.9 Å². The number of nitrogens with zero attached hydrogens (tertiary/aromatic N) is 4. The number of cyclic esters (lactones) is 1. The van der Waals surface area contributed by atoms with Crippen molar-refractivity contribution in [1.29, 1.82) is 0 Å². The number of nitrogens with one attached hydrogen (secondary N) is 1. The first kappa shape index (κ1) is 25.2. The maximum atomic E-state index is 14.9. The van der Waals surface area contributed by atoms with Crippen LogP contribution in [0, 0.1) is 11.6 Å². The zero-order valence-electron chi connectivity index (χ0n) is 18.9. The highest BCUT2D eigenvalue weighted by atomic mass is 19.4. The van der Waals surface area contributed by atoms with Crippen LogP contribution in [0.3, 0.4) is 0 Å². The van der Waals surface area contributed by atoms with E-state index in [1.54, 1.807) is 0 Å². The average molecular weight is 509 g/mol. The van der Waals surface area contributed by atoms with Crippen LogP contribution in [-0.4, -0.2) is 44.9 Å². The van der Waals surface area contributed by atoms with Crippen molar-refractivity contribution in [2.75, 3.05) is 16.8 Å². The third kappa shape index (κ3) is 5.05. The molecular weight excluding hydrogens is 489 g/mol. The molecule has 36 heavy (non-hydrogen) atoms. The fourth-order valence-electron chi connectivity index (χ4n) is 3.71. The largest absolute Gasteiger partial charge is 0.447 e. The Morgan fingerprint density at radius 2 is 1.89 bits per heavy atom. The van der Waals surface area contributed by atoms with Crippen LogP contribution in [0.4, 0.5) is 38.5 Å². The Morgan fingerprint density at radius 1 is 1.14 bits per heavy atom. The lowest BCUT2D eigenvalue weighted by atomic mass is 10.0. The van der Waals surface area contributed by atoms with Crippen molar-refractivity contribution in [2.24, 2.45) is 0 Å². The number of alkyl halides is 3. The summed E-state index contributed by atoms with van der Waals surface area (Å²) >= 11 is 0. The van der Waals surface area contributed by atoms with E-state index in [9.17, 15) is 31.9 Å². The maximum Gasteiger partial charge on any atom is 0.433 e. The molecule has 3 atom stereocenters. The number of aromatic nitrogens is 3. The fourth-order valence-corrected chi connectivity index (χ4v) is 3.71. The van der Waals surface area contributed by atoms with Crippen molar-refractivity contribution < 1.29 is 36.6 Å². The zero-order chi connectivity index (χ0) is 26.2. The highest BCUT2D eigenvalue weighted by molar-refractivity contribution is 5.89. The molecular formula is C23H20F5N5O3. The first-order valence-electron chi connectivity index (χ1n) is 10.7. The molecule has 0 saturated carbocycles. The lowest BCUT2D eigenvalue weighted by Gasteiger charge is -2.23. The number of halogens is 5. The Hall–Kier alpha value is -3.87. The van der Waals surface area contributed by atoms with Gasteiger partial charge in [0.25, 0.3) is 0 Å². The topological polar surface area (TPSA) is 100 Å². The molecule has 1 unspecified atom stereocenters. The van der Waals surface area contributed by atoms with Gasteiger partial charge in [0.05, 0.1) is 12.1 Å². The molecule has 190 valence electrons. The number of carbonyl (C=O) groups is 1. The molecule has 2 N–H and O–H groups in total. The van der Waals surface area contributed by atoms with Gasteiger partial charge in [0.2, 0.25) is 5.95 Å². The second-order valence-corrected chi connectivity index (χ2v) is 8.14. The van der Waals surface area contributed by atoms with E-state index < -0.39 is 47.8 Å². The van der Waals surface area contributed by atoms with Gasteiger partial charge in [0.1, 0.15) is 35.8 Å². The van der Waals surface area contributed by atoms with Crippen molar-refractivity contribution in [3.05, 3.63) is 65.6 Å². The highest BCUT2D eigenvalue weighted by Crippen LogP contribution is 2.32. The predicted molar refractivity (Wildman–Crippen MR) is 118 cm³/mol. The van der Waals surface area contributed by atoms with Gasteiger partial charge in [-0.1, -0.05) is 6.07 Å². The number of aliphatic hydroxyl groups is 1. The number of rotatable bonds is 6. The van der Waals surface area contributed by atoms with E-state index in [0.717, 1.165) is 24.4 Å². The lowest BCUT2D eigenvalue weighted by Crippen LogP contribution is -2.41. The minimum Gasteiger partial charge on any atom is -0.447 e. The van der Waals surface area contributed by atoms with Gasteiger partial charge in [-0.05, 0) is 38.1 Å². The summed E-state index contributed by atoms with van der Waals surface area (Å²) in [6, 6.07) is 3.43. The van der Waals surface area contributed by atoms with Gasteiger partial charge in [0, 0.05) is 29.1 Å². The summed E-state index contributed by atoms with van der Waals surface area (Å²) in [6.45, 7) is 3.00. The summed E-state index contributed by atoms with van der Waals surface area (Å²) in [5.74, 6) is -1.54. The number of carbonyl (C=O) groups excluding carboxylic acids is 1. The smallest absolute Gasteiger partial charge is 0.433 e. The van der Waals surface area contributed by atoms with E-state index in [2.05, 4.69) is 20.3 Å². The molecule has 1 aromatic carbocycles. The van der Waals surface area contributed by atoms with Gasteiger partial charge in [-0.15, -0.1) is 0 Å². The third-order valence-corrected chi connectivity index (χ3v) is 5.61. The van der Waals surface area contributed by atoms with Crippen molar-refractivity contribution in [3.8, 4) is 11.1 Å². The standard InChI is InChI=1S/C23H20F5N5O3/c1-11(31-21-29-6-5-20(32-21)33-18(12(2)34)10-36-22(33)35)14-7-17(25)15(8-16(14)24)13-3-4-19(30-9-13)23(26,27)28/h3-9,11-12,18,34H,10H2,1-2H3,(H,29,31,32)/t11-,12+,18?/m0/s1. The third-order valence-electron chi connectivity index (χ3n) is 5.61. The lowest BCUT2D eigenvalue weighted by molar-refractivity contribution is -0.141. The van der Waals surface area contributed by atoms with Crippen LogP contribution in [-0.2, 0) is 10.9 Å². The predicted octanol–water partition coefficient (Wildman–Crippen LogP) is 4.71. The number of hydrogen-bond acceptors (Lipinski definition) is 7. The Balaban J connectivity index is 1.56. The van der Waals surface area contributed by atoms with Crippen molar-refractivity contribution in [3.63, 3.8) is 0 Å². The van der Waals surface area contributed by atoms with Gasteiger partial charge in [-0.3, -0.25) is 9.88 Å². The molecule has 1 aliphatic rings. The molecule has 1 aliphatic heterocycles. The minimum absolute atomic E-state index is 0.000123. The molecule has 1 fully saturated rings. The molecule has 4 rings (SSSR count). The summed E-state index contributed by atoms with van der Waals surface area (Å²) in [6.07, 6.45) is -4.07. The Kier molecular flexibility index (Phi) is 6.76. The number of anilines is 2. The van der Waals surface area contributed by atoms with Gasteiger partial charge in [0.15, 0.2) is 0 Å². The quantitative estimate of drug-likeness (QED) is 0.464.